The number of amides is 1. The number of ether oxygens (including phenoxy) is 1. The van der Waals surface area contributed by atoms with Gasteiger partial charge in [-0.1, -0.05) is 37.1 Å². The van der Waals surface area contributed by atoms with E-state index in [1.807, 2.05) is 48.5 Å². The zero-order chi connectivity index (χ0) is 23.3. The Balaban J connectivity index is 1.31. The van der Waals surface area contributed by atoms with Crippen LogP contribution in [0, 0.1) is 0 Å². The first-order valence-electron chi connectivity index (χ1n) is 12.8. The Morgan fingerprint density at radius 1 is 0.853 bits per heavy atom. The second kappa shape index (κ2) is 10.6. The van der Waals surface area contributed by atoms with Gasteiger partial charge in [-0.25, -0.2) is 0 Å². The second-order valence-corrected chi connectivity index (χ2v) is 9.70. The van der Waals surface area contributed by atoms with E-state index >= 15 is 0 Å². The molecule has 0 saturated carbocycles. The number of hydrogen-bond donors (Lipinski definition) is 1. The van der Waals surface area contributed by atoms with Crippen molar-refractivity contribution in [3.05, 3.63) is 60.3 Å². The van der Waals surface area contributed by atoms with E-state index in [0.29, 0.717) is 5.69 Å². The van der Waals surface area contributed by atoms with Crippen LogP contribution in [0.1, 0.15) is 55.1 Å². The van der Waals surface area contributed by atoms with Crippen LogP contribution in [0.3, 0.4) is 0 Å². The van der Waals surface area contributed by atoms with E-state index in [4.69, 9.17) is 10.5 Å². The molecule has 2 aromatic carbocycles. The van der Waals surface area contributed by atoms with Crippen molar-refractivity contribution in [3.63, 3.8) is 0 Å². The van der Waals surface area contributed by atoms with Crippen molar-refractivity contribution in [2.24, 2.45) is 5.73 Å². The van der Waals surface area contributed by atoms with Crippen molar-refractivity contribution in [1.82, 2.24) is 14.4 Å². The SMILES string of the molecule is NC(=O)c1cc2c(Oc3ccccc3)cccc2n1C1CCN(CCN2CCCCCC2)CC1. The van der Waals surface area contributed by atoms with Gasteiger partial charge in [0.05, 0.1) is 5.52 Å². The van der Waals surface area contributed by atoms with Gasteiger partial charge in [0.1, 0.15) is 17.2 Å². The van der Waals surface area contributed by atoms with Crippen molar-refractivity contribution in [3.8, 4) is 11.5 Å². The molecule has 0 aliphatic carbocycles. The number of piperidine rings is 1. The predicted octanol–water partition coefficient (Wildman–Crippen LogP) is 5.05. The first-order valence-corrected chi connectivity index (χ1v) is 12.8. The summed E-state index contributed by atoms with van der Waals surface area (Å²) in [5, 5.41) is 0.934. The number of primary amides is 1. The standard InChI is InChI=1S/C28H36N4O2/c29-28(33)26-21-24-25(11-8-12-27(24)34-23-9-4-3-5-10-23)32(26)22-13-17-31(18-14-22)20-19-30-15-6-1-2-7-16-30/h3-5,8-12,21-22H,1-2,6-7,13-20H2,(H2,29,33). The lowest BCUT2D eigenvalue weighted by atomic mass is 10.0. The van der Waals surface area contributed by atoms with Gasteiger partial charge in [-0.15, -0.1) is 0 Å². The van der Waals surface area contributed by atoms with Gasteiger partial charge in [0.15, 0.2) is 0 Å². The van der Waals surface area contributed by atoms with Gasteiger partial charge in [-0.05, 0) is 69.1 Å². The van der Waals surface area contributed by atoms with Gasteiger partial charge in [-0.2, -0.15) is 0 Å². The molecule has 5 rings (SSSR count). The van der Waals surface area contributed by atoms with Crippen LogP contribution in [0.4, 0.5) is 0 Å². The van der Waals surface area contributed by atoms with Crippen molar-refractivity contribution >= 4 is 16.8 Å². The van der Waals surface area contributed by atoms with E-state index in [1.165, 1.54) is 45.3 Å². The lowest BCUT2D eigenvalue weighted by Crippen LogP contribution is -2.40. The van der Waals surface area contributed by atoms with E-state index < -0.39 is 0 Å². The minimum atomic E-state index is -0.384. The normalized spacial score (nSPS) is 18.7. The molecule has 34 heavy (non-hydrogen) atoms. The Morgan fingerprint density at radius 2 is 1.53 bits per heavy atom. The number of nitrogens with two attached hydrogens (primary N) is 1. The highest BCUT2D eigenvalue weighted by Gasteiger charge is 2.26. The summed E-state index contributed by atoms with van der Waals surface area (Å²) in [6.07, 6.45) is 7.49. The summed E-state index contributed by atoms with van der Waals surface area (Å²) in [6.45, 7) is 6.91. The van der Waals surface area contributed by atoms with Crippen molar-refractivity contribution < 1.29 is 9.53 Å². The summed E-state index contributed by atoms with van der Waals surface area (Å²) in [5.41, 5.74) is 7.43. The molecule has 6 heteroatoms. The maximum atomic E-state index is 12.4. The molecule has 0 spiro atoms. The maximum absolute atomic E-state index is 12.4. The average Bonchev–Trinajstić information content (AvgIpc) is 3.07. The summed E-state index contributed by atoms with van der Waals surface area (Å²) in [6, 6.07) is 17.9. The monoisotopic (exact) mass is 460 g/mol. The number of para-hydroxylation sites is 1. The quantitative estimate of drug-likeness (QED) is 0.536. The summed E-state index contributed by atoms with van der Waals surface area (Å²) in [7, 11) is 0. The third kappa shape index (κ3) is 5.13. The van der Waals surface area contributed by atoms with Gasteiger partial charge < -0.3 is 24.8 Å². The minimum Gasteiger partial charge on any atom is -0.457 e. The first kappa shape index (κ1) is 22.9. The van der Waals surface area contributed by atoms with Crippen LogP contribution >= 0.6 is 0 Å². The molecule has 1 aromatic heterocycles. The lowest BCUT2D eigenvalue weighted by molar-refractivity contribution is 0.0984. The molecular formula is C28H36N4O2. The summed E-state index contributed by atoms with van der Waals surface area (Å²) >= 11 is 0. The molecule has 2 aliphatic heterocycles. The predicted molar refractivity (Wildman–Crippen MR) is 137 cm³/mol. The number of aromatic nitrogens is 1. The molecule has 0 bridgehead atoms. The van der Waals surface area contributed by atoms with Crippen LogP contribution in [0.5, 0.6) is 11.5 Å². The third-order valence-electron chi connectivity index (χ3n) is 7.42. The number of fused-ring (bicyclic) bond motifs is 1. The zero-order valence-corrected chi connectivity index (χ0v) is 20.0. The van der Waals surface area contributed by atoms with Gasteiger partial charge in [-0.3, -0.25) is 4.79 Å². The summed E-state index contributed by atoms with van der Waals surface area (Å²) < 4.78 is 8.33. The Hall–Kier alpha value is -2.83. The first-order chi connectivity index (χ1) is 16.7. The molecule has 2 fully saturated rings. The average molecular weight is 461 g/mol. The van der Waals surface area contributed by atoms with Crippen molar-refractivity contribution in [2.75, 3.05) is 39.3 Å². The Kier molecular flexibility index (Phi) is 7.16. The summed E-state index contributed by atoms with van der Waals surface area (Å²) in [5.74, 6) is 1.14. The highest BCUT2D eigenvalue weighted by Crippen LogP contribution is 2.36. The zero-order valence-electron chi connectivity index (χ0n) is 20.0. The Morgan fingerprint density at radius 3 is 2.21 bits per heavy atom. The molecule has 180 valence electrons. The number of likely N-dealkylation sites (tertiary alicyclic amines) is 2. The van der Waals surface area contributed by atoms with Crippen molar-refractivity contribution in [2.45, 2.75) is 44.6 Å². The molecule has 0 atom stereocenters. The molecule has 3 heterocycles. The molecule has 2 aliphatic rings. The molecule has 6 nitrogen and oxygen atoms in total. The highest BCUT2D eigenvalue weighted by atomic mass is 16.5. The number of nitrogens with zero attached hydrogens (tertiary/aromatic N) is 3. The topological polar surface area (TPSA) is 63.7 Å². The van der Waals surface area contributed by atoms with E-state index in [-0.39, 0.29) is 11.9 Å². The number of benzene rings is 2. The van der Waals surface area contributed by atoms with Crippen LogP contribution in [0.25, 0.3) is 10.9 Å². The third-order valence-corrected chi connectivity index (χ3v) is 7.42. The minimum absolute atomic E-state index is 0.265. The molecule has 1 amide bonds. The van der Waals surface area contributed by atoms with E-state index in [2.05, 4.69) is 20.4 Å². The maximum Gasteiger partial charge on any atom is 0.265 e. The van der Waals surface area contributed by atoms with E-state index in [0.717, 1.165) is 54.9 Å². The van der Waals surface area contributed by atoms with Gasteiger partial charge in [0, 0.05) is 37.6 Å². The van der Waals surface area contributed by atoms with E-state index in [1.54, 1.807) is 0 Å². The molecule has 2 saturated heterocycles. The van der Waals surface area contributed by atoms with Crippen LogP contribution < -0.4 is 10.5 Å². The molecular weight excluding hydrogens is 424 g/mol. The highest BCUT2D eigenvalue weighted by molar-refractivity contribution is 6.00. The van der Waals surface area contributed by atoms with Gasteiger partial charge in [0.25, 0.3) is 5.91 Å². The van der Waals surface area contributed by atoms with Gasteiger partial charge in [0.2, 0.25) is 0 Å². The Labute approximate surface area is 202 Å². The summed E-state index contributed by atoms with van der Waals surface area (Å²) in [4.78, 5) is 17.6. The fourth-order valence-corrected chi connectivity index (χ4v) is 5.56. The van der Waals surface area contributed by atoms with Crippen LogP contribution in [-0.2, 0) is 0 Å². The largest absolute Gasteiger partial charge is 0.457 e. The molecule has 0 radical (unpaired) electrons. The van der Waals surface area contributed by atoms with E-state index in [9.17, 15) is 4.79 Å². The molecule has 0 unspecified atom stereocenters. The number of rotatable bonds is 7. The number of hydrogen-bond acceptors (Lipinski definition) is 4. The number of carbonyl (C=O) groups is 1. The fourth-order valence-electron chi connectivity index (χ4n) is 5.56. The molecule has 2 N–H and O–H groups in total. The fraction of sp³-hybridized carbons (Fsp3) is 0.464. The van der Waals surface area contributed by atoms with Gasteiger partial charge >= 0.3 is 0 Å². The Bertz CT molecular complexity index is 1090. The van der Waals surface area contributed by atoms with Crippen LogP contribution in [-0.4, -0.2) is 59.5 Å². The van der Waals surface area contributed by atoms with Crippen molar-refractivity contribution in [1.29, 1.82) is 0 Å². The lowest BCUT2D eigenvalue weighted by Gasteiger charge is -2.35. The molecule has 3 aromatic rings. The smallest absolute Gasteiger partial charge is 0.265 e. The van der Waals surface area contributed by atoms with Crippen LogP contribution in [0.2, 0.25) is 0 Å². The second-order valence-electron chi connectivity index (χ2n) is 9.70. The van der Waals surface area contributed by atoms with Crippen LogP contribution in [0.15, 0.2) is 54.6 Å². The number of carbonyl (C=O) groups excluding carboxylic acids is 1.